The maximum Gasteiger partial charge on any atom is 0.318 e. The highest BCUT2D eigenvalue weighted by atomic mass is 16.5. The van der Waals surface area contributed by atoms with Gasteiger partial charge in [-0.05, 0) is 54.7 Å². The lowest BCUT2D eigenvalue weighted by atomic mass is 9.87. The van der Waals surface area contributed by atoms with E-state index in [-0.39, 0.29) is 6.03 Å². The molecule has 208 valence electrons. The standard InChI is InChI=1S/C29H41N3O6/c1-5-16-38-26-10-9-24(19-27(26)37-4)21-31-13-11-29(22-33,12-14-31)32(15-17-35-2)28(34)30-20-23-7-6-8-25(18-23)36-3/h6-10,18-19,22H,5,11-17,20-21H2,1-4H3,(H,30,34). The van der Waals surface area contributed by atoms with Gasteiger partial charge in [0.2, 0.25) is 0 Å². The van der Waals surface area contributed by atoms with Gasteiger partial charge in [-0.25, -0.2) is 4.79 Å². The maximum absolute atomic E-state index is 13.3. The van der Waals surface area contributed by atoms with Gasteiger partial charge in [-0.2, -0.15) is 0 Å². The molecule has 1 aliphatic heterocycles. The minimum Gasteiger partial charge on any atom is -0.497 e. The highest BCUT2D eigenvalue weighted by Gasteiger charge is 2.42. The molecule has 3 rings (SSSR count). The van der Waals surface area contributed by atoms with Crippen LogP contribution >= 0.6 is 0 Å². The van der Waals surface area contributed by atoms with Gasteiger partial charge in [-0.1, -0.05) is 25.1 Å². The molecule has 2 aromatic carbocycles. The Morgan fingerprint density at radius 1 is 1.03 bits per heavy atom. The largest absolute Gasteiger partial charge is 0.497 e. The third kappa shape index (κ3) is 7.61. The Bertz CT molecular complexity index is 1040. The summed E-state index contributed by atoms with van der Waals surface area (Å²) in [6, 6.07) is 13.3. The van der Waals surface area contributed by atoms with Crippen LogP contribution in [0, 0.1) is 0 Å². The fourth-order valence-electron chi connectivity index (χ4n) is 4.71. The van der Waals surface area contributed by atoms with Crippen LogP contribution in [0.15, 0.2) is 42.5 Å². The summed E-state index contributed by atoms with van der Waals surface area (Å²) in [5.74, 6) is 2.18. The second-order valence-electron chi connectivity index (χ2n) is 9.49. The van der Waals surface area contributed by atoms with Gasteiger partial charge in [-0.15, -0.1) is 0 Å². The Morgan fingerprint density at radius 2 is 1.82 bits per heavy atom. The molecule has 9 nitrogen and oxygen atoms in total. The third-order valence-electron chi connectivity index (χ3n) is 6.92. The number of benzene rings is 2. The van der Waals surface area contributed by atoms with Crippen LogP contribution < -0.4 is 19.5 Å². The predicted molar refractivity (Wildman–Crippen MR) is 146 cm³/mol. The number of urea groups is 1. The number of amides is 2. The highest BCUT2D eigenvalue weighted by Crippen LogP contribution is 2.31. The second kappa shape index (κ2) is 14.6. The summed E-state index contributed by atoms with van der Waals surface area (Å²) in [5, 5.41) is 2.98. The van der Waals surface area contributed by atoms with Gasteiger partial charge >= 0.3 is 6.03 Å². The number of nitrogens with zero attached hydrogens (tertiary/aromatic N) is 2. The minimum absolute atomic E-state index is 0.280. The number of carbonyl (C=O) groups excluding carboxylic acids is 2. The normalized spacial score (nSPS) is 14.9. The molecule has 0 aromatic heterocycles. The molecule has 2 aromatic rings. The number of rotatable bonds is 14. The summed E-state index contributed by atoms with van der Waals surface area (Å²) in [4.78, 5) is 29.8. The predicted octanol–water partition coefficient (Wildman–Crippen LogP) is 3.88. The molecule has 1 aliphatic rings. The molecule has 1 N–H and O–H groups in total. The Labute approximate surface area is 226 Å². The van der Waals surface area contributed by atoms with Crippen molar-refractivity contribution >= 4 is 12.3 Å². The second-order valence-corrected chi connectivity index (χ2v) is 9.49. The molecule has 0 bridgehead atoms. The molecule has 0 atom stereocenters. The molecule has 0 spiro atoms. The van der Waals surface area contributed by atoms with E-state index in [0.717, 1.165) is 41.9 Å². The van der Waals surface area contributed by atoms with Gasteiger partial charge in [0, 0.05) is 39.8 Å². The fourth-order valence-corrected chi connectivity index (χ4v) is 4.71. The molecule has 0 aliphatic carbocycles. The van der Waals surface area contributed by atoms with E-state index >= 15 is 0 Å². The summed E-state index contributed by atoms with van der Waals surface area (Å²) >= 11 is 0. The van der Waals surface area contributed by atoms with Crippen molar-refractivity contribution in [2.24, 2.45) is 0 Å². The number of hydrogen-bond acceptors (Lipinski definition) is 7. The average molecular weight is 528 g/mol. The van der Waals surface area contributed by atoms with Crippen LogP contribution in [0.25, 0.3) is 0 Å². The van der Waals surface area contributed by atoms with E-state index in [2.05, 4.69) is 17.1 Å². The Hall–Kier alpha value is -3.30. The third-order valence-corrected chi connectivity index (χ3v) is 6.92. The molecule has 38 heavy (non-hydrogen) atoms. The monoisotopic (exact) mass is 527 g/mol. The number of nitrogens with one attached hydrogen (secondary N) is 1. The topological polar surface area (TPSA) is 89.6 Å². The molecule has 9 heteroatoms. The van der Waals surface area contributed by atoms with Gasteiger partial charge in [0.25, 0.3) is 0 Å². The summed E-state index contributed by atoms with van der Waals surface area (Å²) < 4.78 is 21.8. The lowest BCUT2D eigenvalue weighted by molar-refractivity contribution is -0.120. The van der Waals surface area contributed by atoms with Crippen LogP contribution in [0.4, 0.5) is 4.79 Å². The van der Waals surface area contributed by atoms with Crippen LogP contribution in [0.2, 0.25) is 0 Å². The summed E-state index contributed by atoms with van der Waals surface area (Å²) in [5.41, 5.74) is 1.14. The van der Waals surface area contributed by atoms with E-state index < -0.39 is 5.54 Å². The zero-order valence-corrected chi connectivity index (χ0v) is 23.0. The van der Waals surface area contributed by atoms with Crippen LogP contribution in [0.3, 0.4) is 0 Å². The number of piperidine rings is 1. The first kappa shape index (κ1) is 29.3. The molecule has 2 amide bonds. The number of likely N-dealkylation sites (tertiary alicyclic amines) is 1. The van der Waals surface area contributed by atoms with Crippen molar-refractivity contribution in [1.82, 2.24) is 15.1 Å². The number of methoxy groups -OCH3 is 3. The van der Waals surface area contributed by atoms with Crippen molar-refractivity contribution < 1.29 is 28.5 Å². The molecule has 0 radical (unpaired) electrons. The first-order valence-electron chi connectivity index (χ1n) is 13.1. The number of carbonyl (C=O) groups is 2. The molecule has 1 fully saturated rings. The number of ether oxygens (including phenoxy) is 4. The molecule has 1 saturated heterocycles. The molecule has 0 unspecified atom stereocenters. The number of hydrogen-bond donors (Lipinski definition) is 1. The van der Waals surface area contributed by atoms with Crippen molar-refractivity contribution in [2.45, 2.75) is 44.8 Å². The lowest BCUT2D eigenvalue weighted by Gasteiger charge is -2.45. The quantitative estimate of drug-likeness (QED) is 0.373. The van der Waals surface area contributed by atoms with E-state index in [1.165, 1.54) is 0 Å². The van der Waals surface area contributed by atoms with Crippen LogP contribution in [-0.4, -0.2) is 81.8 Å². The minimum atomic E-state index is -0.886. The zero-order valence-electron chi connectivity index (χ0n) is 23.0. The van der Waals surface area contributed by atoms with Gasteiger partial charge in [0.15, 0.2) is 11.5 Å². The van der Waals surface area contributed by atoms with Crippen LogP contribution in [-0.2, 0) is 22.6 Å². The first-order valence-corrected chi connectivity index (χ1v) is 13.1. The van der Waals surface area contributed by atoms with Crippen molar-refractivity contribution in [3.63, 3.8) is 0 Å². The van der Waals surface area contributed by atoms with Crippen LogP contribution in [0.1, 0.15) is 37.3 Å². The fraction of sp³-hybridized carbons (Fsp3) is 0.517. The molecular formula is C29H41N3O6. The van der Waals surface area contributed by atoms with Gasteiger partial charge in [-0.3, -0.25) is 4.90 Å². The Morgan fingerprint density at radius 3 is 2.47 bits per heavy atom. The van der Waals surface area contributed by atoms with E-state index in [1.807, 2.05) is 42.5 Å². The summed E-state index contributed by atoms with van der Waals surface area (Å²) in [6.45, 7) is 5.80. The molecule has 1 heterocycles. The van der Waals surface area contributed by atoms with E-state index in [0.29, 0.717) is 58.0 Å². The van der Waals surface area contributed by atoms with Gasteiger partial charge in [0.1, 0.15) is 17.6 Å². The summed E-state index contributed by atoms with van der Waals surface area (Å²) in [6.07, 6.45) is 2.95. The van der Waals surface area contributed by atoms with Crippen LogP contribution in [0.5, 0.6) is 17.2 Å². The SMILES string of the molecule is CCCOc1ccc(CN2CCC(C=O)(N(CCOC)C(=O)NCc3cccc(OC)c3)CC2)cc1OC. The Balaban J connectivity index is 1.65. The van der Waals surface area contributed by atoms with Crippen molar-refractivity contribution in [1.29, 1.82) is 0 Å². The van der Waals surface area contributed by atoms with Crippen molar-refractivity contribution in [3.05, 3.63) is 53.6 Å². The maximum atomic E-state index is 13.3. The Kier molecular flexibility index (Phi) is 11.2. The van der Waals surface area contributed by atoms with Crippen molar-refractivity contribution in [2.75, 3.05) is 54.2 Å². The highest BCUT2D eigenvalue weighted by molar-refractivity contribution is 5.80. The van der Waals surface area contributed by atoms with Crippen molar-refractivity contribution in [3.8, 4) is 17.2 Å². The lowest BCUT2D eigenvalue weighted by Crippen LogP contribution is -2.61. The number of aldehydes is 1. The smallest absolute Gasteiger partial charge is 0.318 e. The zero-order chi connectivity index (χ0) is 27.4. The molecule has 0 saturated carbocycles. The van der Waals surface area contributed by atoms with E-state index in [1.54, 1.807) is 26.2 Å². The molecular weight excluding hydrogens is 486 g/mol. The average Bonchev–Trinajstić information content (AvgIpc) is 2.96. The van der Waals surface area contributed by atoms with Gasteiger partial charge < -0.3 is 34.0 Å². The van der Waals surface area contributed by atoms with Gasteiger partial charge in [0.05, 0.1) is 27.4 Å². The summed E-state index contributed by atoms with van der Waals surface area (Å²) in [7, 11) is 4.85. The van der Waals surface area contributed by atoms with E-state index in [9.17, 15) is 9.59 Å². The first-order chi connectivity index (χ1) is 18.5. The van der Waals surface area contributed by atoms with E-state index in [4.69, 9.17) is 18.9 Å².